The fourth-order valence-electron chi connectivity index (χ4n) is 7.75. The van der Waals surface area contributed by atoms with Crippen LogP contribution in [0.5, 0.6) is 0 Å². The molecule has 6 nitrogen and oxygen atoms in total. The van der Waals surface area contributed by atoms with Crippen molar-refractivity contribution in [2.45, 2.75) is 290 Å². The minimum atomic E-state index is -0.775. The minimum Gasteiger partial charge on any atom is -0.462 e. The highest BCUT2D eigenvalue weighted by Crippen LogP contribution is 2.16. The van der Waals surface area contributed by atoms with Gasteiger partial charge in [-0.05, 0) is 70.6 Å². The van der Waals surface area contributed by atoms with E-state index in [9.17, 15) is 14.4 Å². The van der Waals surface area contributed by atoms with Crippen LogP contribution < -0.4 is 0 Å². The molecule has 0 N–H and O–H groups in total. The molecule has 0 heterocycles. The van der Waals surface area contributed by atoms with Crippen LogP contribution in [-0.4, -0.2) is 37.2 Å². The summed E-state index contributed by atoms with van der Waals surface area (Å²) in [5, 5.41) is 0. The van der Waals surface area contributed by atoms with E-state index in [1.54, 1.807) is 0 Å². The number of unbranched alkanes of at least 4 members (excludes halogenated alkanes) is 32. The molecule has 0 saturated heterocycles. The van der Waals surface area contributed by atoms with Gasteiger partial charge in [-0.3, -0.25) is 14.4 Å². The Bertz CT molecular complexity index is 1050. The third-order valence-electron chi connectivity index (χ3n) is 11.9. The van der Waals surface area contributed by atoms with Crippen molar-refractivity contribution in [2.75, 3.05) is 13.2 Å². The normalized spacial score (nSPS) is 12.2. The number of carbonyl (C=O) groups is 3. The predicted octanol–water partition coefficient (Wildman–Crippen LogP) is 17.7. The Labute approximate surface area is 385 Å². The van der Waals surface area contributed by atoms with Crippen molar-refractivity contribution in [1.29, 1.82) is 0 Å². The Morgan fingerprint density at radius 3 is 0.968 bits per heavy atom. The summed E-state index contributed by atoms with van der Waals surface area (Å²) in [6, 6.07) is 0. The van der Waals surface area contributed by atoms with E-state index in [-0.39, 0.29) is 31.1 Å². The van der Waals surface area contributed by atoms with Crippen molar-refractivity contribution in [1.82, 2.24) is 0 Å². The van der Waals surface area contributed by atoms with Crippen LogP contribution in [0.2, 0.25) is 0 Å². The fourth-order valence-corrected chi connectivity index (χ4v) is 7.75. The molecular weight excluding hydrogens is 769 g/mol. The number of hydrogen-bond donors (Lipinski definition) is 0. The van der Waals surface area contributed by atoms with Crippen molar-refractivity contribution >= 4 is 17.9 Å². The maximum absolute atomic E-state index is 12.8. The summed E-state index contributed by atoms with van der Waals surface area (Å²) in [6.07, 6.45) is 59.8. The first-order chi connectivity index (χ1) is 30.5. The van der Waals surface area contributed by atoms with Gasteiger partial charge in [-0.1, -0.05) is 231 Å². The molecule has 0 bridgehead atoms. The maximum Gasteiger partial charge on any atom is 0.306 e. The highest BCUT2D eigenvalue weighted by molar-refractivity contribution is 5.71. The van der Waals surface area contributed by atoms with Crippen LogP contribution in [0, 0.1) is 0 Å². The molecule has 0 radical (unpaired) electrons. The van der Waals surface area contributed by atoms with Gasteiger partial charge in [-0.2, -0.15) is 0 Å². The molecule has 6 heteroatoms. The molecule has 0 aliphatic rings. The van der Waals surface area contributed by atoms with E-state index in [4.69, 9.17) is 14.2 Å². The van der Waals surface area contributed by atoms with E-state index in [0.29, 0.717) is 19.3 Å². The fraction of sp³-hybridized carbons (Fsp3) is 0.839. The maximum atomic E-state index is 12.8. The zero-order valence-electron chi connectivity index (χ0n) is 41.4. The van der Waals surface area contributed by atoms with Gasteiger partial charge in [0.15, 0.2) is 6.10 Å². The molecule has 362 valence electrons. The number of esters is 3. The molecule has 0 saturated carbocycles. The zero-order chi connectivity index (χ0) is 45.1. The van der Waals surface area contributed by atoms with E-state index in [1.165, 1.54) is 167 Å². The van der Waals surface area contributed by atoms with Gasteiger partial charge < -0.3 is 14.2 Å². The third-order valence-corrected chi connectivity index (χ3v) is 11.9. The van der Waals surface area contributed by atoms with Gasteiger partial charge >= 0.3 is 17.9 Å². The zero-order valence-corrected chi connectivity index (χ0v) is 41.4. The average Bonchev–Trinajstić information content (AvgIpc) is 3.27. The average molecular weight is 871 g/mol. The lowest BCUT2D eigenvalue weighted by Gasteiger charge is -2.18. The molecule has 0 rings (SSSR count). The molecule has 1 atom stereocenters. The predicted molar refractivity (Wildman–Crippen MR) is 266 cm³/mol. The van der Waals surface area contributed by atoms with Crippen molar-refractivity contribution in [3.8, 4) is 0 Å². The van der Waals surface area contributed by atoms with Crippen LogP contribution >= 0.6 is 0 Å². The number of rotatable bonds is 49. The second kappa shape index (κ2) is 51.3. The lowest BCUT2D eigenvalue weighted by molar-refractivity contribution is -0.167. The Morgan fingerprint density at radius 2 is 0.597 bits per heavy atom. The van der Waals surface area contributed by atoms with Gasteiger partial charge in [0.1, 0.15) is 13.2 Å². The summed E-state index contributed by atoms with van der Waals surface area (Å²) < 4.78 is 16.8. The largest absolute Gasteiger partial charge is 0.462 e. The van der Waals surface area contributed by atoms with E-state index in [2.05, 4.69) is 57.2 Å². The van der Waals surface area contributed by atoms with Crippen molar-refractivity contribution < 1.29 is 28.6 Å². The van der Waals surface area contributed by atoms with Crippen LogP contribution in [-0.2, 0) is 28.6 Å². The van der Waals surface area contributed by atoms with E-state index in [0.717, 1.165) is 77.0 Å². The summed E-state index contributed by atoms with van der Waals surface area (Å²) in [5.41, 5.74) is 0. The summed E-state index contributed by atoms with van der Waals surface area (Å²) >= 11 is 0. The molecule has 0 aromatic carbocycles. The standard InChI is InChI=1S/C56H102O6/c1-4-7-10-13-16-19-22-25-28-31-34-37-40-43-46-49-55(58)61-52-53(51-60-54(57)48-45-42-39-36-33-30-27-24-21-18-15-12-9-6-3)62-56(59)50-47-44-41-38-35-32-29-26-23-20-17-14-11-8-5-2/h15,18-19,22,24,27,53H,4-14,16-17,20-21,23,25-26,28-52H2,1-3H3/b18-15+,22-19+,27-24+/t53-/m1/s1. The lowest BCUT2D eigenvalue weighted by Crippen LogP contribution is -2.30. The van der Waals surface area contributed by atoms with E-state index >= 15 is 0 Å². The lowest BCUT2D eigenvalue weighted by atomic mass is 10.0. The molecule has 0 unspecified atom stereocenters. The second-order valence-corrected chi connectivity index (χ2v) is 18.1. The van der Waals surface area contributed by atoms with Crippen LogP contribution in [0.15, 0.2) is 36.5 Å². The smallest absolute Gasteiger partial charge is 0.306 e. The van der Waals surface area contributed by atoms with Crippen LogP contribution in [0.4, 0.5) is 0 Å². The van der Waals surface area contributed by atoms with Gasteiger partial charge in [0.25, 0.3) is 0 Å². The topological polar surface area (TPSA) is 78.9 Å². The molecule has 0 aromatic heterocycles. The van der Waals surface area contributed by atoms with Crippen LogP contribution in [0.3, 0.4) is 0 Å². The van der Waals surface area contributed by atoms with E-state index < -0.39 is 6.10 Å². The molecule has 0 fully saturated rings. The Kier molecular flexibility index (Phi) is 49.3. The molecule has 0 aliphatic heterocycles. The first-order valence-corrected chi connectivity index (χ1v) is 27.0. The summed E-state index contributed by atoms with van der Waals surface area (Å²) in [4.78, 5) is 38.0. The van der Waals surface area contributed by atoms with Crippen molar-refractivity contribution in [3.63, 3.8) is 0 Å². The SMILES string of the molecule is CCCC/C=C/C/C=C/CCCCCCCC(=O)OC[C@H](COC(=O)CCCCCCCCC/C=C/CCCCCC)OC(=O)CCCCCCCCCCCCCCCCC. The molecule has 0 amide bonds. The monoisotopic (exact) mass is 871 g/mol. The number of hydrogen-bond acceptors (Lipinski definition) is 6. The van der Waals surface area contributed by atoms with Crippen molar-refractivity contribution in [3.05, 3.63) is 36.5 Å². The number of allylic oxidation sites excluding steroid dienone is 6. The van der Waals surface area contributed by atoms with Crippen molar-refractivity contribution in [2.24, 2.45) is 0 Å². The van der Waals surface area contributed by atoms with Crippen LogP contribution in [0.25, 0.3) is 0 Å². The molecule has 62 heavy (non-hydrogen) atoms. The molecule has 0 aromatic rings. The third kappa shape index (κ3) is 48.7. The molecule has 0 spiro atoms. The van der Waals surface area contributed by atoms with E-state index in [1.807, 2.05) is 0 Å². The first-order valence-electron chi connectivity index (χ1n) is 27.0. The highest BCUT2D eigenvalue weighted by Gasteiger charge is 2.19. The Hall–Kier alpha value is -2.37. The van der Waals surface area contributed by atoms with Gasteiger partial charge in [-0.15, -0.1) is 0 Å². The number of ether oxygens (including phenoxy) is 3. The first kappa shape index (κ1) is 59.6. The van der Waals surface area contributed by atoms with Gasteiger partial charge in [0.2, 0.25) is 0 Å². The minimum absolute atomic E-state index is 0.0759. The molecular formula is C56H102O6. The summed E-state index contributed by atoms with van der Waals surface area (Å²) in [5.74, 6) is -0.881. The number of carbonyl (C=O) groups excluding carboxylic acids is 3. The summed E-state index contributed by atoms with van der Waals surface area (Å²) in [6.45, 7) is 6.60. The quantitative estimate of drug-likeness (QED) is 0.0262. The second-order valence-electron chi connectivity index (χ2n) is 18.1. The van der Waals surface area contributed by atoms with Crippen LogP contribution in [0.1, 0.15) is 284 Å². The van der Waals surface area contributed by atoms with Gasteiger partial charge in [0, 0.05) is 19.3 Å². The van der Waals surface area contributed by atoms with Gasteiger partial charge in [0.05, 0.1) is 0 Å². The molecule has 0 aliphatic carbocycles. The Balaban J connectivity index is 4.37. The summed E-state index contributed by atoms with van der Waals surface area (Å²) in [7, 11) is 0. The highest BCUT2D eigenvalue weighted by atomic mass is 16.6. The Morgan fingerprint density at radius 1 is 0.323 bits per heavy atom. The van der Waals surface area contributed by atoms with Gasteiger partial charge in [-0.25, -0.2) is 0 Å².